The van der Waals surface area contributed by atoms with E-state index in [-0.39, 0.29) is 17.9 Å². The number of nitrogens with one attached hydrogen (secondary N) is 1. The summed E-state index contributed by atoms with van der Waals surface area (Å²) < 4.78 is 0. The maximum atomic E-state index is 11.8. The molecule has 0 radical (unpaired) electrons. The molecule has 0 saturated carbocycles. The quantitative estimate of drug-likeness (QED) is 0.732. The van der Waals surface area contributed by atoms with Crippen LogP contribution in [0.4, 0.5) is 5.82 Å². The minimum atomic E-state index is -0.127. The Kier molecular flexibility index (Phi) is 3.01. The number of rotatable bonds is 2. The predicted octanol–water partition coefficient (Wildman–Crippen LogP) is 1.23. The van der Waals surface area contributed by atoms with Crippen LogP contribution in [0.1, 0.15) is 12.1 Å². The number of hydrogen-bond donors (Lipinski definition) is 2. The van der Waals surface area contributed by atoms with Gasteiger partial charge in [0, 0.05) is 11.7 Å². The normalized spacial score (nSPS) is 23.4. The third-order valence-electron chi connectivity index (χ3n) is 2.59. The maximum absolute atomic E-state index is 11.8. The number of anilines is 1. The van der Waals surface area contributed by atoms with Crippen LogP contribution in [0.2, 0.25) is 0 Å². The second kappa shape index (κ2) is 4.45. The molecule has 0 aromatic carbocycles. The van der Waals surface area contributed by atoms with Gasteiger partial charge in [-0.15, -0.1) is 0 Å². The number of aryl methyl sites for hydroxylation is 1. The van der Waals surface area contributed by atoms with Crippen molar-refractivity contribution in [3.63, 3.8) is 0 Å². The lowest BCUT2D eigenvalue weighted by Crippen LogP contribution is -2.24. The van der Waals surface area contributed by atoms with E-state index < -0.39 is 0 Å². The number of hydrogen-bond acceptors (Lipinski definition) is 3. The molecule has 1 aromatic heterocycles. The first kappa shape index (κ1) is 10.8. The van der Waals surface area contributed by atoms with Crippen molar-refractivity contribution in [2.45, 2.75) is 19.4 Å². The van der Waals surface area contributed by atoms with Crippen LogP contribution in [0.15, 0.2) is 30.4 Å². The highest BCUT2D eigenvalue weighted by Crippen LogP contribution is 2.18. The zero-order valence-electron chi connectivity index (χ0n) is 9.18. The molecular weight excluding hydrogens is 202 g/mol. The Morgan fingerprint density at radius 2 is 2.31 bits per heavy atom. The summed E-state index contributed by atoms with van der Waals surface area (Å²) in [4.78, 5) is 16.0. The Morgan fingerprint density at radius 1 is 1.50 bits per heavy atom. The van der Waals surface area contributed by atoms with Crippen LogP contribution in [0, 0.1) is 12.8 Å². The SMILES string of the molecule is Cc1cccc(NC(=O)C2C=CC(N)C2)n1. The van der Waals surface area contributed by atoms with Gasteiger partial charge in [0.05, 0.1) is 5.92 Å². The van der Waals surface area contributed by atoms with Crippen LogP contribution in [0.5, 0.6) is 0 Å². The minimum Gasteiger partial charge on any atom is -0.324 e. The first-order valence-corrected chi connectivity index (χ1v) is 5.33. The average molecular weight is 217 g/mol. The fraction of sp³-hybridized carbons (Fsp3) is 0.333. The van der Waals surface area contributed by atoms with Crippen molar-refractivity contribution in [2.75, 3.05) is 5.32 Å². The first-order valence-electron chi connectivity index (χ1n) is 5.33. The third-order valence-corrected chi connectivity index (χ3v) is 2.59. The van der Waals surface area contributed by atoms with Crippen molar-refractivity contribution in [3.05, 3.63) is 36.0 Å². The molecule has 0 aliphatic heterocycles. The van der Waals surface area contributed by atoms with E-state index in [9.17, 15) is 4.79 Å². The monoisotopic (exact) mass is 217 g/mol. The van der Waals surface area contributed by atoms with Crippen molar-refractivity contribution in [2.24, 2.45) is 11.7 Å². The number of nitrogens with zero attached hydrogens (tertiary/aromatic N) is 1. The summed E-state index contributed by atoms with van der Waals surface area (Å²) in [5.74, 6) is 0.429. The van der Waals surface area contributed by atoms with Gasteiger partial charge in [-0.3, -0.25) is 4.79 Å². The summed E-state index contributed by atoms with van der Waals surface area (Å²) in [5, 5.41) is 2.79. The molecule has 84 valence electrons. The molecule has 3 N–H and O–H groups in total. The summed E-state index contributed by atoms with van der Waals surface area (Å²) in [6, 6.07) is 5.54. The van der Waals surface area contributed by atoms with E-state index in [1.54, 1.807) is 6.07 Å². The molecule has 4 nitrogen and oxygen atoms in total. The molecular formula is C12H15N3O. The molecule has 2 rings (SSSR count). The number of amides is 1. The Bertz CT molecular complexity index is 428. The van der Waals surface area contributed by atoms with Gasteiger partial charge < -0.3 is 11.1 Å². The van der Waals surface area contributed by atoms with Crippen molar-refractivity contribution in [3.8, 4) is 0 Å². The molecule has 0 bridgehead atoms. The van der Waals surface area contributed by atoms with Crippen molar-refractivity contribution in [1.29, 1.82) is 0 Å². The summed E-state index contributed by atoms with van der Waals surface area (Å²) in [6.45, 7) is 1.89. The van der Waals surface area contributed by atoms with E-state index >= 15 is 0 Å². The fourth-order valence-corrected chi connectivity index (χ4v) is 1.75. The molecule has 16 heavy (non-hydrogen) atoms. The molecule has 1 aromatic rings. The van der Waals surface area contributed by atoms with Gasteiger partial charge in [0.25, 0.3) is 0 Å². The van der Waals surface area contributed by atoms with Gasteiger partial charge in [0.1, 0.15) is 5.82 Å². The highest BCUT2D eigenvalue weighted by molar-refractivity contribution is 5.93. The van der Waals surface area contributed by atoms with Crippen LogP contribution in [0.3, 0.4) is 0 Å². The summed E-state index contributed by atoms with van der Waals surface area (Å²) in [6.07, 6.45) is 4.40. The molecule has 1 amide bonds. The van der Waals surface area contributed by atoms with E-state index in [1.165, 1.54) is 0 Å². The van der Waals surface area contributed by atoms with E-state index in [4.69, 9.17) is 5.73 Å². The lowest BCUT2D eigenvalue weighted by atomic mass is 10.1. The number of carbonyl (C=O) groups is 1. The lowest BCUT2D eigenvalue weighted by molar-refractivity contribution is -0.118. The first-order chi connectivity index (χ1) is 7.65. The Balaban J connectivity index is 2.00. The van der Waals surface area contributed by atoms with Gasteiger partial charge in [-0.05, 0) is 25.5 Å². The molecule has 0 spiro atoms. The zero-order chi connectivity index (χ0) is 11.5. The number of aromatic nitrogens is 1. The molecule has 0 fully saturated rings. The third kappa shape index (κ3) is 2.46. The topological polar surface area (TPSA) is 68.0 Å². The molecule has 4 heteroatoms. The van der Waals surface area contributed by atoms with Crippen molar-refractivity contribution >= 4 is 11.7 Å². The standard InChI is InChI=1S/C12H15N3O/c1-8-3-2-4-11(14-8)15-12(16)9-5-6-10(13)7-9/h2-6,9-10H,7,13H2,1H3,(H,14,15,16). The van der Waals surface area contributed by atoms with Gasteiger partial charge in [0.2, 0.25) is 5.91 Å². The molecule has 1 aliphatic rings. The van der Waals surface area contributed by atoms with E-state index in [0.717, 1.165) is 5.69 Å². The van der Waals surface area contributed by atoms with Crippen LogP contribution in [0.25, 0.3) is 0 Å². The number of pyridine rings is 1. The Morgan fingerprint density at radius 3 is 2.94 bits per heavy atom. The summed E-state index contributed by atoms with van der Waals surface area (Å²) >= 11 is 0. The van der Waals surface area contributed by atoms with Crippen LogP contribution in [-0.4, -0.2) is 16.9 Å². The van der Waals surface area contributed by atoms with Gasteiger partial charge in [-0.2, -0.15) is 0 Å². The molecule has 1 heterocycles. The van der Waals surface area contributed by atoms with Gasteiger partial charge in [-0.1, -0.05) is 18.2 Å². The van der Waals surface area contributed by atoms with E-state index in [1.807, 2.05) is 31.2 Å². The Labute approximate surface area is 94.6 Å². The number of carbonyl (C=O) groups excluding carboxylic acids is 1. The second-order valence-corrected chi connectivity index (χ2v) is 4.04. The fourth-order valence-electron chi connectivity index (χ4n) is 1.75. The maximum Gasteiger partial charge on any atom is 0.232 e. The summed E-state index contributed by atoms with van der Waals surface area (Å²) in [7, 11) is 0. The molecule has 0 saturated heterocycles. The smallest absolute Gasteiger partial charge is 0.232 e. The number of nitrogens with two attached hydrogens (primary N) is 1. The largest absolute Gasteiger partial charge is 0.324 e. The zero-order valence-corrected chi connectivity index (χ0v) is 9.18. The van der Waals surface area contributed by atoms with Crippen molar-refractivity contribution in [1.82, 2.24) is 4.98 Å². The minimum absolute atomic E-state index is 0.00113. The predicted molar refractivity (Wildman–Crippen MR) is 62.8 cm³/mol. The van der Waals surface area contributed by atoms with Crippen LogP contribution >= 0.6 is 0 Å². The molecule has 2 unspecified atom stereocenters. The van der Waals surface area contributed by atoms with Gasteiger partial charge in [0.15, 0.2) is 0 Å². The van der Waals surface area contributed by atoms with Crippen molar-refractivity contribution < 1.29 is 4.79 Å². The van der Waals surface area contributed by atoms with E-state index in [2.05, 4.69) is 10.3 Å². The highest BCUT2D eigenvalue weighted by atomic mass is 16.1. The van der Waals surface area contributed by atoms with Crippen LogP contribution < -0.4 is 11.1 Å². The Hall–Kier alpha value is -1.68. The molecule has 1 aliphatic carbocycles. The highest BCUT2D eigenvalue weighted by Gasteiger charge is 2.22. The van der Waals surface area contributed by atoms with E-state index in [0.29, 0.717) is 12.2 Å². The van der Waals surface area contributed by atoms with Gasteiger partial charge >= 0.3 is 0 Å². The molecule has 2 atom stereocenters. The average Bonchev–Trinajstić information content (AvgIpc) is 2.65. The second-order valence-electron chi connectivity index (χ2n) is 4.04. The lowest BCUT2D eigenvalue weighted by Gasteiger charge is -2.10. The van der Waals surface area contributed by atoms with Crippen LogP contribution in [-0.2, 0) is 4.79 Å². The van der Waals surface area contributed by atoms with Gasteiger partial charge in [-0.25, -0.2) is 4.98 Å². The summed E-state index contributed by atoms with van der Waals surface area (Å²) in [5.41, 5.74) is 6.58.